The summed E-state index contributed by atoms with van der Waals surface area (Å²) in [5.41, 5.74) is -1.74. The molecule has 1 atom stereocenters. The number of anilines is 1. The third kappa shape index (κ3) is 3.09. The highest BCUT2D eigenvalue weighted by Crippen LogP contribution is 2.43. The molecule has 0 aromatic heterocycles. The molecule has 1 N–H and O–H groups in total. The van der Waals surface area contributed by atoms with Crippen LogP contribution in [0.1, 0.15) is 26.3 Å². The van der Waals surface area contributed by atoms with Crippen LogP contribution in [0.15, 0.2) is 36.4 Å². The number of likely N-dealkylation sites (N-methyl/N-ethyl adjacent to an activating group) is 1. The van der Waals surface area contributed by atoms with E-state index in [0.29, 0.717) is 11.3 Å². The number of hydrogen-bond donors (Lipinski definition) is 1. The first-order valence-electron chi connectivity index (χ1n) is 7.71. The predicted molar refractivity (Wildman–Crippen MR) is 92.1 cm³/mol. The SMILES string of the molecule is C=C(C(=O)OC)C1(NC(=O)OC(C)(C)C)C(=O)N(C)c2ccccc21. The zero-order valence-electron chi connectivity index (χ0n) is 15.0. The van der Waals surface area contributed by atoms with Gasteiger partial charge in [0.1, 0.15) is 5.60 Å². The summed E-state index contributed by atoms with van der Waals surface area (Å²) >= 11 is 0. The lowest BCUT2D eigenvalue weighted by Gasteiger charge is -2.31. The van der Waals surface area contributed by atoms with Crippen LogP contribution in [0.4, 0.5) is 10.5 Å². The van der Waals surface area contributed by atoms with Crippen molar-refractivity contribution in [1.82, 2.24) is 5.32 Å². The van der Waals surface area contributed by atoms with Crippen LogP contribution in [0.25, 0.3) is 0 Å². The number of ether oxygens (including phenoxy) is 2. The highest BCUT2D eigenvalue weighted by atomic mass is 16.6. The van der Waals surface area contributed by atoms with Gasteiger partial charge in [-0.3, -0.25) is 10.1 Å². The van der Waals surface area contributed by atoms with Crippen molar-refractivity contribution in [1.29, 1.82) is 0 Å². The van der Waals surface area contributed by atoms with Gasteiger partial charge in [0.15, 0.2) is 5.54 Å². The van der Waals surface area contributed by atoms with Gasteiger partial charge in [-0.15, -0.1) is 0 Å². The number of amides is 2. The first-order valence-corrected chi connectivity index (χ1v) is 7.71. The van der Waals surface area contributed by atoms with Crippen molar-refractivity contribution in [3.63, 3.8) is 0 Å². The Morgan fingerprint density at radius 2 is 1.84 bits per heavy atom. The minimum Gasteiger partial charge on any atom is -0.466 e. The molecule has 1 aliphatic rings. The van der Waals surface area contributed by atoms with Gasteiger partial charge in [0, 0.05) is 18.3 Å². The number of rotatable bonds is 3. The zero-order valence-corrected chi connectivity index (χ0v) is 15.0. The molecule has 25 heavy (non-hydrogen) atoms. The molecule has 0 radical (unpaired) electrons. The van der Waals surface area contributed by atoms with Crippen molar-refractivity contribution in [3.05, 3.63) is 42.0 Å². The highest BCUT2D eigenvalue weighted by Gasteiger charge is 2.55. The van der Waals surface area contributed by atoms with Gasteiger partial charge in [0.05, 0.1) is 12.7 Å². The summed E-state index contributed by atoms with van der Waals surface area (Å²) in [6.45, 7) is 8.82. The average molecular weight is 346 g/mol. The van der Waals surface area contributed by atoms with Crippen LogP contribution in [-0.2, 0) is 24.6 Å². The fourth-order valence-electron chi connectivity index (χ4n) is 2.78. The summed E-state index contributed by atoms with van der Waals surface area (Å²) in [5, 5.41) is 2.55. The molecule has 0 bridgehead atoms. The third-order valence-corrected chi connectivity index (χ3v) is 3.87. The fourth-order valence-corrected chi connectivity index (χ4v) is 2.78. The van der Waals surface area contributed by atoms with E-state index < -0.39 is 29.1 Å². The van der Waals surface area contributed by atoms with Gasteiger partial charge >= 0.3 is 12.1 Å². The van der Waals surface area contributed by atoms with E-state index in [0.717, 1.165) is 0 Å². The second kappa shape index (κ2) is 6.23. The molecular formula is C18H22N2O5. The Morgan fingerprint density at radius 3 is 2.40 bits per heavy atom. The summed E-state index contributed by atoms with van der Waals surface area (Å²) in [5.74, 6) is -1.32. The van der Waals surface area contributed by atoms with Gasteiger partial charge in [-0.25, -0.2) is 9.59 Å². The minimum atomic E-state index is -1.78. The number of methoxy groups -OCH3 is 1. The Balaban J connectivity index is 2.59. The van der Waals surface area contributed by atoms with E-state index in [1.807, 2.05) is 0 Å². The molecule has 0 saturated carbocycles. The Kier molecular flexibility index (Phi) is 4.61. The molecule has 2 amide bonds. The summed E-state index contributed by atoms with van der Waals surface area (Å²) < 4.78 is 10.0. The quantitative estimate of drug-likeness (QED) is 0.669. The molecule has 0 saturated heterocycles. The first-order chi connectivity index (χ1) is 11.5. The van der Waals surface area contributed by atoms with Crippen LogP contribution in [0.5, 0.6) is 0 Å². The number of carbonyl (C=O) groups is 3. The van der Waals surface area contributed by atoms with Gasteiger partial charge in [-0.2, -0.15) is 0 Å². The van der Waals surface area contributed by atoms with Gasteiger partial charge in [-0.05, 0) is 26.8 Å². The van der Waals surface area contributed by atoms with Gasteiger partial charge in [0.2, 0.25) is 0 Å². The molecule has 7 heteroatoms. The lowest BCUT2D eigenvalue weighted by molar-refractivity contribution is -0.138. The van der Waals surface area contributed by atoms with Crippen LogP contribution in [0, 0.1) is 0 Å². The Labute approximate surface area is 146 Å². The maximum atomic E-state index is 13.0. The molecule has 0 fully saturated rings. The topological polar surface area (TPSA) is 84.9 Å². The van der Waals surface area contributed by atoms with Crippen LogP contribution in [0.2, 0.25) is 0 Å². The van der Waals surface area contributed by atoms with E-state index in [9.17, 15) is 14.4 Å². The van der Waals surface area contributed by atoms with Gasteiger partial charge in [0.25, 0.3) is 5.91 Å². The first kappa shape index (κ1) is 18.5. The Bertz CT molecular complexity index is 750. The number of hydrogen-bond acceptors (Lipinski definition) is 5. The molecule has 0 spiro atoms. The monoisotopic (exact) mass is 346 g/mol. The van der Waals surface area contributed by atoms with E-state index in [1.165, 1.54) is 12.0 Å². The van der Waals surface area contributed by atoms with Gasteiger partial charge < -0.3 is 14.4 Å². The largest absolute Gasteiger partial charge is 0.466 e. The summed E-state index contributed by atoms with van der Waals surface area (Å²) in [7, 11) is 2.74. The Hall–Kier alpha value is -2.83. The Morgan fingerprint density at radius 1 is 1.24 bits per heavy atom. The molecule has 1 aromatic carbocycles. The van der Waals surface area contributed by atoms with E-state index >= 15 is 0 Å². The second-order valence-corrected chi connectivity index (χ2v) is 6.73. The molecule has 1 unspecified atom stereocenters. The van der Waals surface area contributed by atoms with Crippen LogP contribution in [0.3, 0.4) is 0 Å². The molecule has 1 heterocycles. The van der Waals surface area contributed by atoms with Crippen LogP contribution < -0.4 is 10.2 Å². The average Bonchev–Trinajstić information content (AvgIpc) is 2.75. The van der Waals surface area contributed by atoms with Crippen molar-refractivity contribution in [2.24, 2.45) is 0 Å². The van der Waals surface area contributed by atoms with Crippen molar-refractivity contribution in [2.75, 3.05) is 19.1 Å². The standard InChI is InChI=1S/C18H22N2O5/c1-11(14(21)24-6)18(19-16(23)25-17(2,3)4)12-9-7-8-10-13(12)20(5)15(18)22/h7-10H,1H2,2-6H3,(H,19,23). The minimum absolute atomic E-state index is 0.192. The molecule has 7 nitrogen and oxygen atoms in total. The molecule has 0 aliphatic carbocycles. The number of alkyl carbamates (subject to hydrolysis) is 1. The molecular weight excluding hydrogens is 324 g/mol. The summed E-state index contributed by atoms with van der Waals surface area (Å²) in [6, 6.07) is 6.84. The number of nitrogens with one attached hydrogen (secondary N) is 1. The predicted octanol–water partition coefficient (Wildman–Crippen LogP) is 2.11. The molecule has 1 aliphatic heterocycles. The second-order valence-electron chi connectivity index (χ2n) is 6.73. The number of carbonyl (C=O) groups excluding carboxylic acids is 3. The van der Waals surface area contributed by atoms with E-state index in [2.05, 4.69) is 11.9 Å². The number of esters is 1. The van der Waals surface area contributed by atoms with E-state index in [1.54, 1.807) is 52.1 Å². The number of nitrogens with zero attached hydrogens (tertiary/aromatic N) is 1. The normalized spacial score (nSPS) is 19.2. The number of para-hydroxylation sites is 1. The zero-order chi connectivity index (χ0) is 19.0. The van der Waals surface area contributed by atoms with Gasteiger partial charge in [-0.1, -0.05) is 24.8 Å². The summed E-state index contributed by atoms with van der Waals surface area (Å²) in [4.78, 5) is 38.9. The van der Waals surface area contributed by atoms with Crippen molar-refractivity contribution in [2.45, 2.75) is 31.9 Å². The smallest absolute Gasteiger partial charge is 0.409 e. The third-order valence-electron chi connectivity index (χ3n) is 3.87. The molecule has 1 aromatic rings. The van der Waals surface area contributed by atoms with E-state index in [-0.39, 0.29) is 5.57 Å². The molecule has 134 valence electrons. The number of fused-ring (bicyclic) bond motifs is 1. The van der Waals surface area contributed by atoms with Crippen LogP contribution >= 0.6 is 0 Å². The number of benzene rings is 1. The van der Waals surface area contributed by atoms with Crippen LogP contribution in [-0.4, -0.2) is 37.7 Å². The van der Waals surface area contributed by atoms with Crippen molar-refractivity contribution < 1.29 is 23.9 Å². The van der Waals surface area contributed by atoms with E-state index in [4.69, 9.17) is 9.47 Å². The van der Waals surface area contributed by atoms with Crippen molar-refractivity contribution in [3.8, 4) is 0 Å². The lowest BCUT2D eigenvalue weighted by atomic mass is 9.84. The lowest BCUT2D eigenvalue weighted by Crippen LogP contribution is -2.56. The fraction of sp³-hybridized carbons (Fsp3) is 0.389. The summed E-state index contributed by atoms with van der Waals surface area (Å²) in [6.07, 6.45) is -0.837. The maximum absolute atomic E-state index is 13.0. The van der Waals surface area contributed by atoms with Crippen molar-refractivity contribution >= 4 is 23.7 Å². The maximum Gasteiger partial charge on any atom is 0.409 e. The molecule has 2 rings (SSSR count). The highest BCUT2D eigenvalue weighted by molar-refractivity contribution is 6.15.